The Morgan fingerprint density at radius 1 is 0.581 bits per heavy atom. The number of nitrogens with two attached hydrogens (primary N) is 4. The third kappa shape index (κ3) is 19.1. The first-order chi connectivity index (χ1) is 43.5. The lowest BCUT2D eigenvalue weighted by Crippen LogP contribution is -2.69. The van der Waals surface area contributed by atoms with E-state index in [4.69, 9.17) is 70.3 Å². The zero-order valence-corrected chi connectivity index (χ0v) is 55.2. The van der Waals surface area contributed by atoms with Gasteiger partial charge in [-0.25, -0.2) is 9.59 Å². The fourth-order valence-corrected chi connectivity index (χ4v) is 12.5. The molecule has 2 aromatic carbocycles. The van der Waals surface area contributed by atoms with Crippen LogP contribution in [-0.4, -0.2) is 251 Å². The Bertz CT molecular complexity index is 2850. The maximum Gasteiger partial charge on any atom is 0.408 e. The number of rotatable bonds is 17. The number of carbonyl (C=O) groups excluding carboxylic acids is 4. The molecule has 0 bridgehead atoms. The molecule has 4 aliphatic heterocycles. The van der Waals surface area contributed by atoms with Crippen LogP contribution in [0.2, 0.25) is 0 Å². The monoisotopic (exact) mass is 1320 g/mol. The Balaban J connectivity index is 0.000000264. The van der Waals surface area contributed by atoms with Gasteiger partial charge in [0, 0.05) is 43.3 Å². The van der Waals surface area contributed by atoms with Crippen molar-refractivity contribution >= 4 is 24.0 Å². The standard InChI is InChI=1S/C33H52N4O10.C31H49N5O10/c1-18-15-21(34)26(46-30-24(39)27(33(5,42)17-43-30)37(7)28(40)19-11-9-8-10-12-19)23(38)25(18)45-29-22(14-13-20(44-29)16-35-6)36-31(41)47-32(2,3)4;1-30(2,3)46-29(40)35-20-12-11-17(14-32)43-27(20)44-23-18(33)13-19(34)24(21(23)37)45-28-22(38)25(31(4,41)15-42-28)36(5)26(39)16-9-7-6-8-10-16/h8-13,18,21-27,29-30,35,38-39,42H,14-17,34H2,1-7H3,(H,36,41);6-11,18-25,27-28,37-38,41H,12-15,32-34H2,1-5H3,(H,35,40)/t18-,21+,22+,23-,24+,25+,26-,27+,29+,30+,33-;18-,19+,20+,21-,22+,23+,24-,25+,27+,28+,31-/m00/s1. The van der Waals surface area contributed by atoms with Gasteiger partial charge in [0.05, 0.1) is 56.6 Å². The van der Waals surface area contributed by atoms with E-state index < -0.39 is 163 Å². The van der Waals surface area contributed by atoms with Gasteiger partial charge in [0.1, 0.15) is 76.7 Å². The minimum atomic E-state index is -1.64. The molecule has 522 valence electrons. The summed E-state index contributed by atoms with van der Waals surface area (Å²) in [5.74, 6) is -0.0206. The summed E-state index contributed by atoms with van der Waals surface area (Å²) in [6, 6.07) is 11.2. The smallest absolute Gasteiger partial charge is 0.408 e. The molecule has 29 nitrogen and oxygen atoms in total. The molecule has 93 heavy (non-hydrogen) atoms. The van der Waals surface area contributed by atoms with E-state index in [1.54, 1.807) is 115 Å². The Labute approximate surface area is 543 Å². The second-order valence-corrected chi connectivity index (χ2v) is 27.4. The number of aliphatic hydroxyl groups excluding tert-OH is 4. The fraction of sp³-hybridized carbons (Fsp3) is 0.688. The highest BCUT2D eigenvalue weighted by Gasteiger charge is 2.56. The number of carbonyl (C=O) groups is 4. The SMILES string of the molecule is CN(C(=O)c1ccccc1)[C@@H]1[C@@H](O)[C@@H](O[C@@H]2[C@@H](O)[C@H](O[C@H]3OC(CN)=CC[C@H]3NC(=O)OC(C)(C)C)[C@@H](N)C[C@H]2N)OC[C@]1(C)O.CNCC1=CC[C@@H](NC(=O)OC(C)(C)C)[C@@H](O[C@H]2[C@H](O)[C@@H](O[C@H]3OC[C@](C)(O)[C@H](N(C)C(=O)c4ccccc4)[C@H]3O)[C@H](N)C[C@@H]2C)O1. The highest BCUT2D eigenvalue weighted by molar-refractivity contribution is 5.95. The fourth-order valence-electron chi connectivity index (χ4n) is 12.5. The van der Waals surface area contributed by atoms with Crippen molar-refractivity contribution in [2.45, 2.75) is 227 Å². The molecular weight excluding hydrogens is 1210 g/mol. The van der Waals surface area contributed by atoms with Gasteiger partial charge in [-0.3, -0.25) is 9.59 Å². The summed E-state index contributed by atoms with van der Waals surface area (Å²) in [4.78, 5) is 54.2. The molecule has 17 N–H and O–H groups in total. The molecule has 4 fully saturated rings. The van der Waals surface area contributed by atoms with Crippen molar-refractivity contribution in [2.24, 2.45) is 28.9 Å². The first kappa shape index (κ1) is 74.7. The summed E-state index contributed by atoms with van der Waals surface area (Å²) in [6.45, 7) is 15.3. The van der Waals surface area contributed by atoms with Crippen molar-refractivity contribution in [3.63, 3.8) is 0 Å². The number of nitrogens with zero attached hydrogens (tertiary/aromatic N) is 2. The minimum absolute atomic E-state index is 0.0813. The van der Waals surface area contributed by atoms with E-state index in [-0.39, 0.29) is 32.1 Å². The number of likely N-dealkylation sites (N-methyl/N-ethyl adjacent to an activating group) is 3. The molecule has 6 aliphatic rings. The van der Waals surface area contributed by atoms with Crippen molar-refractivity contribution in [3.8, 4) is 0 Å². The lowest BCUT2D eigenvalue weighted by molar-refractivity contribution is -0.311. The number of hydrogen-bond acceptors (Lipinski definition) is 25. The van der Waals surface area contributed by atoms with Crippen LogP contribution < -0.4 is 38.9 Å². The van der Waals surface area contributed by atoms with Crippen molar-refractivity contribution in [1.82, 2.24) is 25.8 Å². The summed E-state index contributed by atoms with van der Waals surface area (Å²) in [5, 5.41) is 76.9. The first-order valence-electron chi connectivity index (χ1n) is 31.5. The van der Waals surface area contributed by atoms with E-state index in [0.29, 0.717) is 48.5 Å². The van der Waals surface area contributed by atoms with Crippen molar-refractivity contribution < 1.29 is 97.2 Å². The number of aliphatic hydroxyl groups is 6. The van der Waals surface area contributed by atoms with Gasteiger partial charge in [-0.2, -0.15) is 0 Å². The summed E-state index contributed by atoms with van der Waals surface area (Å²) in [6.07, 6.45) is -11.1. The number of ether oxygens (including phenoxy) is 10. The summed E-state index contributed by atoms with van der Waals surface area (Å²) in [5.41, 5.74) is 21.1. The maximum absolute atomic E-state index is 13.3. The zero-order chi connectivity index (χ0) is 68.7. The van der Waals surface area contributed by atoms with Crippen molar-refractivity contribution in [3.05, 3.63) is 95.5 Å². The number of alkyl carbamates (subject to hydrolysis) is 2. The van der Waals surface area contributed by atoms with Gasteiger partial charge in [0.25, 0.3) is 11.8 Å². The van der Waals surface area contributed by atoms with E-state index in [1.807, 2.05) is 13.0 Å². The van der Waals surface area contributed by atoms with Gasteiger partial charge in [-0.15, -0.1) is 0 Å². The molecule has 0 aromatic heterocycles. The van der Waals surface area contributed by atoms with Gasteiger partial charge in [0.15, 0.2) is 12.6 Å². The van der Waals surface area contributed by atoms with Gasteiger partial charge in [-0.05, 0) is 130 Å². The van der Waals surface area contributed by atoms with Crippen LogP contribution in [0, 0.1) is 5.92 Å². The second-order valence-electron chi connectivity index (χ2n) is 27.4. The quantitative estimate of drug-likeness (QED) is 0.0999. The van der Waals surface area contributed by atoms with Crippen LogP contribution in [0.15, 0.2) is 84.3 Å². The predicted octanol–water partition coefficient (Wildman–Crippen LogP) is 0.104. The average molecular weight is 1320 g/mol. The van der Waals surface area contributed by atoms with Crippen LogP contribution in [0.3, 0.4) is 0 Å². The lowest BCUT2D eigenvalue weighted by Gasteiger charge is -2.50. The molecule has 2 aromatic rings. The Kier molecular flexibility index (Phi) is 25.3. The van der Waals surface area contributed by atoms with Gasteiger partial charge in [-0.1, -0.05) is 43.3 Å². The van der Waals surface area contributed by atoms with Gasteiger partial charge in [0.2, 0.25) is 12.6 Å². The largest absolute Gasteiger partial charge is 0.466 e. The van der Waals surface area contributed by atoms with Crippen LogP contribution in [0.25, 0.3) is 0 Å². The van der Waals surface area contributed by atoms with Gasteiger partial charge < -0.3 is 127 Å². The minimum Gasteiger partial charge on any atom is -0.466 e. The highest BCUT2D eigenvalue weighted by atomic mass is 16.7. The summed E-state index contributed by atoms with van der Waals surface area (Å²) in [7, 11) is 4.75. The van der Waals surface area contributed by atoms with Crippen LogP contribution in [-0.2, 0) is 47.4 Å². The van der Waals surface area contributed by atoms with E-state index in [1.165, 1.54) is 37.7 Å². The van der Waals surface area contributed by atoms with E-state index in [9.17, 15) is 49.8 Å². The molecule has 2 saturated heterocycles. The number of nitrogens with one attached hydrogen (secondary N) is 3. The van der Waals surface area contributed by atoms with Crippen LogP contribution in [0.4, 0.5) is 9.59 Å². The molecule has 8 rings (SSSR count). The van der Waals surface area contributed by atoms with E-state index >= 15 is 0 Å². The summed E-state index contributed by atoms with van der Waals surface area (Å²) >= 11 is 0. The van der Waals surface area contributed by atoms with Crippen molar-refractivity contribution in [1.29, 1.82) is 0 Å². The molecule has 0 spiro atoms. The summed E-state index contributed by atoms with van der Waals surface area (Å²) < 4.78 is 59.2. The molecule has 22 atom stereocenters. The number of hydrogen-bond donors (Lipinski definition) is 13. The topological polar surface area (TPSA) is 429 Å². The van der Waals surface area contributed by atoms with E-state index in [0.717, 1.165) is 0 Å². The molecule has 0 radical (unpaired) electrons. The zero-order valence-electron chi connectivity index (χ0n) is 55.2. The molecule has 0 unspecified atom stereocenters. The predicted molar refractivity (Wildman–Crippen MR) is 336 cm³/mol. The third-order valence-electron chi connectivity index (χ3n) is 16.9. The van der Waals surface area contributed by atoms with Crippen LogP contribution in [0.1, 0.15) is 109 Å². The molecule has 2 aliphatic carbocycles. The molecule has 4 heterocycles. The van der Waals surface area contributed by atoms with Crippen LogP contribution in [0.5, 0.6) is 0 Å². The average Bonchev–Trinajstić information content (AvgIpc) is 0.781. The Morgan fingerprint density at radius 2 is 0.946 bits per heavy atom. The first-order valence-corrected chi connectivity index (χ1v) is 31.5. The number of amides is 4. The molecule has 29 heteroatoms. The number of benzene rings is 2. The van der Waals surface area contributed by atoms with E-state index in [2.05, 4.69) is 16.0 Å². The Hall–Kier alpha value is -5.68. The lowest BCUT2D eigenvalue weighted by atomic mass is 9.80. The molecule has 2 saturated carbocycles. The van der Waals surface area contributed by atoms with Gasteiger partial charge >= 0.3 is 12.2 Å². The maximum atomic E-state index is 13.3. The van der Waals surface area contributed by atoms with Crippen molar-refractivity contribution in [2.75, 3.05) is 47.4 Å². The molecular formula is C64H101N9O20. The Morgan fingerprint density at radius 3 is 1.34 bits per heavy atom. The highest BCUT2D eigenvalue weighted by Crippen LogP contribution is 2.38. The second kappa shape index (κ2) is 31.5. The third-order valence-corrected chi connectivity index (χ3v) is 16.9. The van der Waals surface area contributed by atoms with Crippen LogP contribution >= 0.6 is 0 Å². The molecule has 4 amide bonds. The normalized spacial score (nSPS) is 36.4.